The second kappa shape index (κ2) is 3.99. The Hall–Kier alpha value is -0.0500. The van der Waals surface area contributed by atoms with Gasteiger partial charge in [-0.3, -0.25) is 0 Å². The summed E-state index contributed by atoms with van der Waals surface area (Å²) in [5, 5.41) is 0. The Morgan fingerprint density at radius 3 is 2.08 bits per heavy atom. The van der Waals surface area contributed by atoms with E-state index >= 15 is 0 Å². The molecule has 1 rings (SSSR count). The first-order chi connectivity index (χ1) is 5.93. The van der Waals surface area contributed by atoms with Crippen molar-refractivity contribution in [2.45, 2.75) is 37.0 Å². The molecule has 0 fully saturated rings. The third-order valence-corrected chi connectivity index (χ3v) is 2.80. The van der Waals surface area contributed by atoms with Crippen LogP contribution in [0.25, 0.3) is 0 Å². The molecule has 0 saturated carbocycles. The highest BCUT2D eigenvalue weighted by molar-refractivity contribution is 14.1. The number of hydrogen-bond acceptors (Lipinski definition) is 0. The smallest absolute Gasteiger partial charge is 0.0417 e. The van der Waals surface area contributed by atoms with Gasteiger partial charge in [-0.15, -0.1) is 0 Å². The van der Waals surface area contributed by atoms with Gasteiger partial charge in [0.15, 0.2) is 0 Å². The van der Waals surface area contributed by atoms with Crippen molar-refractivity contribution in [3.8, 4) is 0 Å². The summed E-state index contributed by atoms with van der Waals surface area (Å²) < 4.78 is 0.235. The van der Waals surface area contributed by atoms with Gasteiger partial charge >= 0.3 is 0 Å². The molecule has 0 bridgehead atoms. The molecule has 0 aliphatic carbocycles. The molecule has 0 N–H and O–H groups in total. The van der Waals surface area contributed by atoms with Gasteiger partial charge in [0.1, 0.15) is 0 Å². The Labute approximate surface area is 94.9 Å². The Balaban J connectivity index is 3.20. The van der Waals surface area contributed by atoms with E-state index in [0.717, 1.165) is 0 Å². The third-order valence-electron chi connectivity index (χ3n) is 2.22. The zero-order chi connectivity index (χ0) is 10.1. The van der Waals surface area contributed by atoms with Gasteiger partial charge in [-0.05, 0) is 30.9 Å². The summed E-state index contributed by atoms with van der Waals surface area (Å²) in [5.41, 5.74) is 2.94. The molecule has 1 aromatic rings. The number of alkyl halides is 1. The van der Waals surface area contributed by atoms with E-state index in [2.05, 4.69) is 74.6 Å². The van der Waals surface area contributed by atoms with E-state index < -0.39 is 0 Å². The molecule has 0 saturated heterocycles. The molecule has 0 aliphatic heterocycles. The Morgan fingerprint density at radius 2 is 1.69 bits per heavy atom. The van der Waals surface area contributed by atoms with Crippen LogP contribution < -0.4 is 0 Å². The van der Waals surface area contributed by atoms with Gasteiger partial charge in [0.25, 0.3) is 0 Å². The zero-order valence-electron chi connectivity index (χ0n) is 8.76. The van der Waals surface area contributed by atoms with Crippen LogP contribution in [0, 0.1) is 0 Å². The average molecular weight is 288 g/mol. The third kappa shape index (κ3) is 2.70. The molecule has 1 aromatic carbocycles. The fraction of sp³-hybridized carbons (Fsp3) is 0.500. The highest BCUT2D eigenvalue weighted by atomic mass is 127. The summed E-state index contributed by atoms with van der Waals surface area (Å²) in [7, 11) is 0. The molecular weight excluding hydrogens is 271 g/mol. The molecule has 72 valence electrons. The number of hydrogen-bond donors (Lipinski definition) is 0. The van der Waals surface area contributed by atoms with Crippen LogP contribution in [0.4, 0.5) is 0 Å². The predicted octanol–water partition coefficient (Wildman–Crippen LogP) is 4.48. The van der Waals surface area contributed by atoms with Crippen molar-refractivity contribution in [1.82, 2.24) is 0 Å². The van der Waals surface area contributed by atoms with Gasteiger partial charge in [0.05, 0.1) is 0 Å². The van der Waals surface area contributed by atoms with Crippen molar-refractivity contribution < 1.29 is 0 Å². The monoisotopic (exact) mass is 288 g/mol. The first-order valence-corrected chi connectivity index (χ1v) is 5.79. The Kier molecular flexibility index (Phi) is 3.38. The first kappa shape index (κ1) is 11.0. The second-order valence-electron chi connectivity index (χ2n) is 4.21. The largest absolute Gasteiger partial charge is 0.0743 e. The van der Waals surface area contributed by atoms with Crippen molar-refractivity contribution in [2.75, 3.05) is 0 Å². The molecule has 0 atom stereocenters. The summed E-state index contributed by atoms with van der Waals surface area (Å²) in [6, 6.07) is 8.73. The number of benzene rings is 1. The minimum Gasteiger partial charge on any atom is -0.0743 e. The van der Waals surface area contributed by atoms with Gasteiger partial charge in [-0.2, -0.15) is 0 Å². The lowest BCUT2D eigenvalue weighted by Crippen LogP contribution is -2.10. The Morgan fingerprint density at radius 1 is 1.15 bits per heavy atom. The van der Waals surface area contributed by atoms with E-state index in [4.69, 9.17) is 0 Å². The Bertz CT molecular complexity index is 281. The molecule has 0 heterocycles. The van der Waals surface area contributed by atoms with E-state index in [-0.39, 0.29) is 3.42 Å². The van der Waals surface area contributed by atoms with E-state index in [1.54, 1.807) is 0 Å². The minimum atomic E-state index is 0.235. The summed E-state index contributed by atoms with van der Waals surface area (Å²) in [6.07, 6.45) is 0. The van der Waals surface area contributed by atoms with Gasteiger partial charge in [0.2, 0.25) is 0 Å². The maximum absolute atomic E-state index is 2.50. The van der Waals surface area contributed by atoms with Crippen LogP contribution in [0.15, 0.2) is 24.3 Å². The molecule has 0 aliphatic rings. The molecule has 0 aromatic heterocycles. The van der Waals surface area contributed by atoms with Crippen molar-refractivity contribution >= 4 is 22.6 Å². The highest BCUT2D eigenvalue weighted by Crippen LogP contribution is 2.35. The van der Waals surface area contributed by atoms with Crippen LogP contribution in [-0.2, 0) is 3.42 Å². The summed E-state index contributed by atoms with van der Waals surface area (Å²) >= 11 is 2.50. The van der Waals surface area contributed by atoms with Crippen molar-refractivity contribution in [1.29, 1.82) is 0 Å². The van der Waals surface area contributed by atoms with E-state index in [9.17, 15) is 0 Å². The van der Waals surface area contributed by atoms with Crippen LogP contribution in [-0.4, -0.2) is 0 Å². The average Bonchev–Trinajstić information content (AvgIpc) is 2.03. The van der Waals surface area contributed by atoms with Crippen LogP contribution in [0.1, 0.15) is 44.7 Å². The number of rotatable bonds is 2. The normalized spacial score (nSPS) is 12.2. The maximum atomic E-state index is 2.50. The van der Waals surface area contributed by atoms with Gasteiger partial charge in [0, 0.05) is 3.42 Å². The fourth-order valence-electron chi connectivity index (χ4n) is 1.54. The van der Waals surface area contributed by atoms with Crippen LogP contribution in [0.2, 0.25) is 0 Å². The first-order valence-electron chi connectivity index (χ1n) is 4.71. The second-order valence-corrected chi connectivity index (χ2v) is 6.91. The summed E-state index contributed by atoms with van der Waals surface area (Å²) in [5.74, 6) is 0.616. The van der Waals surface area contributed by atoms with Crippen molar-refractivity contribution in [3.05, 3.63) is 35.4 Å². The van der Waals surface area contributed by atoms with E-state index in [1.165, 1.54) is 11.1 Å². The van der Waals surface area contributed by atoms with Gasteiger partial charge < -0.3 is 0 Å². The maximum Gasteiger partial charge on any atom is 0.0417 e. The summed E-state index contributed by atoms with van der Waals surface area (Å²) in [4.78, 5) is 0. The molecule has 0 nitrogen and oxygen atoms in total. The molecule has 0 spiro atoms. The molecular formula is C12H17I. The number of halogens is 1. The molecule has 0 amide bonds. The molecule has 0 unspecified atom stereocenters. The standard InChI is InChI=1S/C12H17I/c1-9(2)10-7-5-6-8-11(10)12(3,4)13/h5-9H,1-4H3. The topological polar surface area (TPSA) is 0 Å². The van der Waals surface area contributed by atoms with Crippen LogP contribution in [0.5, 0.6) is 0 Å². The van der Waals surface area contributed by atoms with E-state index in [1.807, 2.05) is 0 Å². The lowest BCUT2D eigenvalue weighted by molar-refractivity contribution is 0.768. The quantitative estimate of drug-likeness (QED) is 0.556. The minimum absolute atomic E-state index is 0.235. The summed E-state index contributed by atoms with van der Waals surface area (Å²) in [6.45, 7) is 9.02. The highest BCUT2D eigenvalue weighted by Gasteiger charge is 2.19. The van der Waals surface area contributed by atoms with Crippen LogP contribution >= 0.6 is 22.6 Å². The molecule has 0 radical (unpaired) electrons. The van der Waals surface area contributed by atoms with Gasteiger partial charge in [-0.1, -0.05) is 60.7 Å². The van der Waals surface area contributed by atoms with Crippen molar-refractivity contribution in [2.24, 2.45) is 0 Å². The fourth-order valence-corrected chi connectivity index (χ4v) is 2.03. The predicted molar refractivity (Wildman–Crippen MR) is 67.6 cm³/mol. The lowest BCUT2D eigenvalue weighted by atomic mass is 9.91. The zero-order valence-corrected chi connectivity index (χ0v) is 10.9. The SMILES string of the molecule is CC(C)c1ccccc1C(C)(C)I. The van der Waals surface area contributed by atoms with Crippen LogP contribution in [0.3, 0.4) is 0 Å². The van der Waals surface area contributed by atoms with Crippen molar-refractivity contribution in [3.63, 3.8) is 0 Å². The van der Waals surface area contributed by atoms with E-state index in [0.29, 0.717) is 5.92 Å². The molecule has 1 heteroatoms. The lowest BCUT2D eigenvalue weighted by Gasteiger charge is -2.22. The van der Waals surface area contributed by atoms with Gasteiger partial charge in [-0.25, -0.2) is 0 Å². The molecule has 13 heavy (non-hydrogen) atoms.